The Morgan fingerprint density at radius 2 is 1.70 bits per heavy atom. The molecule has 2 aromatic heterocycles. The van der Waals surface area contributed by atoms with Gasteiger partial charge < -0.3 is 0 Å². The quantitative estimate of drug-likeness (QED) is 0.646. The summed E-state index contributed by atoms with van der Waals surface area (Å²) in [6.07, 6.45) is -3.08. The summed E-state index contributed by atoms with van der Waals surface area (Å²) in [6, 6.07) is 11.7. The standard InChI is InChI=1S/C15H11F3N2/c1-10-5-7-11(8-6-10)13-14(15(16,17)18)20-9-3-2-4-12(20)19-13/h2-9H,1H3. The van der Waals surface area contributed by atoms with E-state index in [1.54, 1.807) is 42.5 Å². The van der Waals surface area contributed by atoms with Crippen molar-refractivity contribution in [3.05, 3.63) is 59.9 Å². The van der Waals surface area contributed by atoms with Crippen molar-refractivity contribution in [1.29, 1.82) is 0 Å². The van der Waals surface area contributed by atoms with Crippen LogP contribution in [0.15, 0.2) is 48.7 Å². The van der Waals surface area contributed by atoms with E-state index < -0.39 is 11.9 Å². The van der Waals surface area contributed by atoms with Crippen molar-refractivity contribution < 1.29 is 13.2 Å². The Morgan fingerprint density at radius 1 is 1.00 bits per heavy atom. The summed E-state index contributed by atoms with van der Waals surface area (Å²) in [5.74, 6) is 0. The fourth-order valence-electron chi connectivity index (χ4n) is 2.18. The molecule has 0 N–H and O–H groups in total. The van der Waals surface area contributed by atoms with Gasteiger partial charge >= 0.3 is 6.18 Å². The van der Waals surface area contributed by atoms with Crippen LogP contribution in [0.1, 0.15) is 11.3 Å². The van der Waals surface area contributed by atoms with Gasteiger partial charge in [0.25, 0.3) is 0 Å². The van der Waals surface area contributed by atoms with Gasteiger partial charge in [-0.05, 0) is 19.1 Å². The zero-order valence-electron chi connectivity index (χ0n) is 10.6. The van der Waals surface area contributed by atoms with Crippen LogP contribution in [-0.2, 0) is 6.18 Å². The second kappa shape index (κ2) is 4.37. The Labute approximate surface area is 113 Å². The molecule has 3 rings (SSSR count). The molecule has 5 heteroatoms. The van der Waals surface area contributed by atoms with Gasteiger partial charge in [-0.2, -0.15) is 13.2 Å². The van der Waals surface area contributed by atoms with Gasteiger partial charge in [0.15, 0.2) is 5.69 Å². The Hall–Kier alpha value is -2.30. The van der Waals surface area contributed by atoms with Gasteiger partial charge in [-0.3, -0.25) is 4.40 Å². The van der Waals surface area contributed by atoms with E-state index in [1.807, 2.05) is 6.92 Å². The minimum atomic E-state index is -4.46. The summed E-state index contributed by atoms with van der Waals surface area (Å²) in [7, 11) is 0. The van der Waals surface area contributed by atoms with Crippen molar-refractivity contribution in [2.75, 3.05) is 0 Å². The third kappa shape index (κ3) is 2.05. The number of imidazole rings is 1. The highest BCUT2D eigenvalue weighted by molar-refractivity contribution is 5.67. The molecule has 0 aliphatic rings. The van der Waals surface area contributed by atoms with E-state index in [0.717, 1.165) is 9.96 Å². The number of benzene rings is 1. The van der Waals surface area contributed by atoms with Crippen molar-refractivity contribution in [1.82, 2.24) is 9.38 Å². The summed E-state index contributed by atoms with van der Waals surface area (Å²) in [6.45, 7) is 1.89. The zero-order valence-corrected chi connectivity index (χ0v) is 10.6. The van der Waals surface area contributed by atoms with E-state index in [2.05, 4.69) is 4.98 Å². The van der Waals surface area contributed by atoms with E-state index in [0.29, 0.717) is 5.56 Å². The van der Waals surface area contributed by atoms with E-state index in [4.69, 9.17) is 0 Å². The molecule has 20 heavy (non-hydrogen) atoms. The van der Waals surface area contributed by atoms with Crippen molar-refractivity contribution in [3.63, 3.8) is 0 Å². The molecule has 0 fully saturated rings. The molecule has 2 heterocycles. The molecule has 3 aromatic rings. The Bertz CT molecular complexity index is 755. The highest BCUT2D eigenvalue weighted by Gasteiger charge is 2.38. The van der Waals surface area contributed by atoms with Crippen LogP contribution >= 0.6 is 0 Å². The lowest BCUT2D eigenvalue weighted by atomic mass is 10.1. The van der Waals surface area contributed by atoms with Crippen LogP contribution in [0.5, 0.6) is 0 Å². The largest absolute Gasteiger partial charge is 0.433 e. The van der Waals surface area contributed by atoms with Crippen molar-refractivity contribution in [2.24, 2.45) is 0 Å². The molecule has 0 spiro atoms. The van der Waals surface area contributed by atoms with Crippen LogP contribution in [-0.4, -0.2) is 9.38 Å². The topological polar surface area (TPSA) is 17.3 Å². The van der Waals surface area contributed by atoms with E-state index >= 15 is 0 Å². The number of fused-ring (bicyclic) bond motifs is 1. The Kier molecular flexibility index (Phi) is 2.78. The maximum absolute atomic E-state index is 13.3. The second-order valence-corrected chi connectivity index (χ2v) is 4.60. The molecule has 0 aliphatic carbocycles. The third-order valence-corrected chi connectivity index (χ3v) is 3.12. The molecule has 0 bridgehead atoms. The van der Waals surface area contributed by atoms with E-state index in [9.17, 15) is 13.2 Å². The van der Waals surface area contributed by atoms with Crippen LogP contribution in [0.2, 0.25) is 0 Å². The normalized spacial score (nSPS) is 12.0. The number of alkyl halides is 3. The number of aryl methyl sites for hydroxylation is 1. The number of nitrogens with zero attached hydrogens (tertiary/aromatic N) is 2. The van der Waals surface area contributed by atoms with Gasteiger partial charge in [-0.1, -0.05) is 35.9 Å². The van der Waals surface area contributed by atoms with Crippen LogP contribution in [0.4, 0.5) is 13.2 Å². The number of pyridine rings is 1. The first-order valence-corrected chi connectivity index (χ1v) is 6.08. The molecule has 102 valence electrons. The van der Waals surface area contributed by atoms with Crippen LogP contribution in [0.3, 0.4) is 0 Å². The predicted molar refractivity (Wildman–Crippen MR) is 70.4 cm³/mol. The van der Waals surface area contributed by atoms with Gasteiger partial charge in [0.05, 0.1) is 0 Å². The lowest BCUT2D eigenvalue weighted by Crippen LogP contribution is -2.10. The maximum Gasteiger partial charge on any atom is 0.433 e. The van der Waals surface area contributed by atoms with Crippen molar-refractivity contribution in [3.8, 4) is 11.3 Å². The number of aromatic nitrogens is 2. The molecule has 0 aliphatic heterocycles. The highest BCUT2D eigenvalue weighted by Crippen LogP contribution is 2.37. The van der Waals surface area contributed by atoms with Crippen LogP contribution in [0.25, 0.3) is 16.9 Å². The lowest BCUT2D eigenvalue weighted by molar-refractivity contribution is -0.141. The molecule has 0 saturated carbocycles. The van der Waals surface area contributed by atoms with Crippen LogP contribution in [0, 0.1) is 6.92 Å². The summed E-state index contributed by atoms with van der Waals surface area (Å²) in [4.78, 5) is 4.12. The summed E-state index contributed by atoms with van der Waals surface area (Å²) < 4.78 is 41.0. The fourth-order valence-corrected chi connectivity index (χ4v) is 2.18. The monoisotopic (exact) mass is 276 g/mol. The molecule has 0 radical (unpaired) electrons. The van der Waals surface area contributed by atoms with Crippen LogP contribution < -0.4 is 0 Å². The van der Waals surface area contributed by atoms with E-state index in [-0.39, 0.29) is 11.3 Å². The smallest absolute Gasteiger partial charge is 0.295 e. The number of rotatable bonds is 1. The Morgan fingerprint density at radius 3 is 2.35 bits per heavy atom. The summed E-state index contributed by atoms with van der Waals surface area (Å²) in [5, 5.41) is 0. The number of hydrogen-bond donors (Lipinski definition) is 0. The molecule has 0 saturated heterocycles. The maximum atomic E-state index is 13.3. The van der Waals surface area contributed by atoms with Gasteiger partial charge in [-0.25, -0.2) is 4.98 Å². The fraction of sp³-hybridized carbons (Fsp3) is 0.133. The van der Waals surface area contributed by atoms with Gasteiger partial charge in [-0.15, -0.1) is 0 Å². The molecular weight excluding hydrogens is 265 g/mol. The SMILES string of the molecule is Cc1ccc(-c2nc3ccccn3c2C(F)(F)F)cc1. The Balaban J connectivity index is 2.32. The minimum absolute atomic E-state index is 0.0382. The lowest BCUT2D eigenvalue weighted by Gasteiger charge is -2.09. The number of hydrogen-bond acceptors (Lipinski definition) is 1. The number of halogens is 3. The average Bonchev–Trinajstić information content (AvgIpc) is 2.78. The molecule has 0 atom stereocenters. The summed E-state index contributed by atoms with van der Waals surface area (Å²) >= 11 is 0. The van der Waals surface area contributed by atoms with Crippen molar-refractivity contribution in [2.45, 2.75) is 13.1 Å². The van der Waals surface area contributed by atoms with Gasteiger partial charge in [0, 0.05) is 11.8 Å². The first-order chi connectivity index (χ1) is 9.47. The van der Waals surface area contributed by atoms with E-state index in [1.165, 1.54) is 6.20 Å². The zero-order chi connectivity index (χ0) is 14.3. The molecule has 2 nitrogen and oxygen atoms in total. The molecule has 0 amide bonds. The molecule has 0 unspecified atom stereocenters. The molecular formula is C15H11F3N2. The first kappa shape index (κ1) is 12.7. The van der Waals surface area contributed by atoms with Gasteiger partial charge in [0.1, 0.15) is 11.3 Å². The summed E-state index contributed by atoms with van der Waals surface area (Å²) in [5.41, 5.74) is 0.966. The third-order valence-electron chi connectivity index (χ3n) is 3.12. The average molecular weight is 276 g/mol. The first-order valence-electron chi connectivity index (χ1n) is 6.08. The molecule has 1 aromatic carbocycles. The second-order valence-electron chi connectivity index (χ2n) is 4.60. The van der Waals surface area contributed by atoms with Gasteiger partial charge in [0.2, 0.25) is 0 Å². The highest BCUT2D eigenvalue weighted by atomic mass is 19.4. The van der Waals surface area contributed by atoms with Crippen molar-refractivity contribution >= 4 is 5.65 Å². The minimum Gasteiger partial charge on any atom is -0.295 e. The predicted octanol–water partition coefficient (Wildman–Crippen LogP) is 4.33.